The van der Waals surface area contributed by atoms with Crippen molar-refractivity contribution in [3.05, 3.63) is 32.7 Å². The molecule has 0 fully saturated rings. The number of hydrogen-bond donors (Lipinski definition) is 0. The molecule has 1 rings (SSSR count). The Morgan fingerprint density at radius 2 is 2.20 bits per heavy atom. The van der Waals surface area contributed by atoms with Gasteiger partial charge in [0.2, 0.25) is 0 Å². The van der Waals surface area contributed by atoms with E-state index in [2.05, 4.69) is 20.7 Å². The third kappa shape index (κ3) is 2.41. The lowest BCUT2D eigenvalue weighted by Gasteiger charge is -2.06. The molecule has 0 aliphatic heterocycles. The van der Waals surface area contributed by atoms with Gasteiger partial charge in [-0.05, 0) is 22.0 Å². The summed E-state index contributed by atoms with van der Waals surface area (Å²) in [5.74, 6) is -0.948. The van der Waals surface area contributed by atoms with Crippen molar-refractivity contribution in [3.63, 3.8) is 0 Å². The van der Waals surface area contributed by atoms with E-state index in [4.69, 9.17) is 0 Å². The van der Waals surface area contributed by atoms with Crippen LogP contribution in [-0.4, -0.2) is 17.6 Å². The van der Waals surface area contributed by atoms with Crippen LogP contribution in [0.3, 0.4) is 0 Å². The van der Waals surface area contributed by atoms with Gasteiger partial charge in [0.25, 0.3) is 5.56 Å². The first kappa shape index (κ1) is 11.8. The van der Waals surface area contributed by atoms with Gasteiger partial charge >= 0.3 is 12.5 Å². The molecular weight excluding hydrogens is 276 g/mol. The smallest absolute Gasteiger partial charge is 0.343 e. The highest BCUT2D eigenvalue weighted by atomic mass is 79.9. The van der Waals surface area contributed by atoms with Crippen molar-refractivity contribution in [2.24, 2.45) is 0 Å². The van der Waals surface area contributed by atoms with E-state index in [9.17, 15) is 18.4 Å². The number of nitrogens with zero attached hydrogens (tertiary/aromatic N) is 1. The molecule has 1 aromatic heterocycles. The predicted octanol–water partition coefficient (Wildman–Crippen LogP) is 1.79. The number of halogens is 3. The molecule has 0 atom stereocenters. The Balaban J connectivity index is 3.42. The molecular formula is C8H6BrF2NO3. The largest absolute Gasteiger partial charge is 0.465 e. The van der Waals surface area contributed by atoms with Crippen molar-refractivity contribution in [1.82, 2.24) is 4.57 Å². The van der Waals surface area contributed by atoms with E-state index < -0.39 is 23.6 Å². The zero-order valence-electron chi connectivity index (χ0n) is 7.54. The fraction of sp³-hybridized carbons (Fsp3) is 0.250. The molecule has 1 aromatic rings. The molecule has 0 radical (unpaired) electrons. The Labute approximate surface area is 91.6 Å². The van der Waals surface area contributed by atoms with Crippen LogP contribution in [0.5, 0.6) is 0 Å². The SMILES string of the molecule is COC(=O)c1cc(Br)cn(C(F)F)c1=O. The number of hydrogen-bond acceptors (Lipinski definition) is 3. The lowest BCUT2D eigenvalue weighted by atomic mass is 10.3. The Kier molecular flexibility index (Phi) is 3.57. The number of esters is 1. The number of pyridine rings is 1. The maximum atomic E-state index is 12.3. The number of methoxy groups -OCH3 is 1. The molecule has 4 nitrogen and oxygen atoms in total. The van der Waals surface area contributed by atoms with Gasteiger partial charge in [0, 0.05) is 10.7 Å². The number of carbonyl (C=O) groups excluding carboxylic acids is 1. The van der Waals surface area contributed by atoms with Gasteiger partial charge in [-0.3, -0.25) is 9.36 Å². The minimum absolute atomic E-state index is 0.149. The number of ether oxygens (including phenoxy) is 1. The highest BCUT2D eigenvalue weighted by Crippen LogP contribution is 2.14. The maximum absolute atomic E-state index is 12.3. The van der Waals surface area contributed by atoms with E-state index in [1.165, 1.54) is 0 Å². The zero-order chi connectivity index (χ0) is 11.6. The van der Waals surface area contributed by atoms with Gasteiger partial charge < -0.3 is 4.74 Å². The summed E-state index contributed by atoms with van der Waals surface area (Å²) in [6, 6.07) is 1.13. The van der Waals surface area contributed by atoms with Gasteiger partial charge in [-0.25, -0.2) is 4.79 Å². The summed E-state index contributed by atoms with van der Waals surface area (Å²) < 4.78 is 29.3. The monoisotopic (exact) mass is 281 g/mol. The highest BCUT2D eigenvalue weighted by molar-refractivity contribution is 9.10. The van der Waals surface area contributed by atoms with Crippen LogP contribution in [0, 0.1) is 0 Å². The van der Waals surface area contributed by atoms with E-state index in [1.807, 2.05) is 0 Å². The van der Waals surface area contributed by atoms with Gasteiger partial charge in [0.15, 0.2) is 0 Å². The summed E-state index contributed by atoms with van der Waals surface area (Å²) in [6.07, 6.45) is 0.902. The number of carbonyl (C=O) groups is 1. The Bertz CT molecular complexity index is 444. The lowest BCUT2D eigenvalue weighted by Crippen LogP contribution is -2.27. The van der Waals surface area contributed by atoms with E-state index in [-0.39, 0.29) is 9.04 Å². The summed E-state index contributed by atoms with van der Waals surface area (Å²) in [4.78, 5) is 22.4. The molecule has 15 heavy (non-hydrogen) atoms. The maximum Gasteiger partial charge on any atom is 0.343 e. The van der Waals surface area contributed by atoms with Crippen molar-refractivity contribution in [1.29, 1.82) is 0 Å². The second kappa shape index (κ2) is 4.52. The second-order valence-corrected chi connectivity index (χ2v) is 3.47. The van der Waals surface area contributed by atoms with Crippen LogP contribution in [0.15, 0.2) is 21.5 Å². The molecule has 0 bridgehead atoms. The van der Waals surface area contributed by atoms with Crippen LogP contribution < -0.4 is 5.56 Å². The van der Waals surface area contributed by atoms with Crippen LogP contribution in [0.4, 0.5) is 8.78 Å². The summed E-state index contributed by atoms with van der Waals surface area (Å²) in [7, 11) is 1.06. The number of aromatic nitrogens is 1. The second-order valence-electron chi connectivity index (χ2n) is 2.55. The molecule has 0 saturated heterocycles. The fourth-order valence-electron chi connectivity index (χ4n) is 0.969. The molecule has 0 saturated carbocycles. The summed E-state index contributed by atoms with van der Waals surface area (Å²) in [6.45, 7) is -3.00. The van der Waals surface area contributed by atoms with Crippen molar-refractivity contribution in [2.45, 2.75) is 6.55 Å². The topological polar surface area (TPSA) is 48.3 Å². The van der Waals surface area contributed by atoms with Crippen molar-refractivity contribution < 1.29 is 18.3 Å². The molecule has 0 N–H and O–H groups in total. The Morgan fingerprint density at radius 1 is 1.60 bits per heavy atom. The van der Waals surface area contributed by atoms with E-state index in [0.717, 1.165) is 19.4 Å². The molecule has 0 amide bonds. The van der Waals surface area contributed by atoms with Gasteiger partial charge in [-0.1, -0.05) is 0 Å². The normalized spacial score (nSPS) is 10.5. The van der Waals surface area contributed by atoms with Crippen molar-refractivity contribution >= 4 is 21.9 Å². The van der Waals surface area contributed by atoms with Crippen LogP contribution in [0.1, 0.15) is 16.9 Å². The van der Waals surface area contributed by atoms with Crippen LogP contribution in [0.25, 0.3) is 0 Å². The van der Waals surface area contributed by atoms with Crippen LogP contribution in [-0.2, 0) is 4.74 Å². The van der Waals surface area contributed by atoms with Crippen molar-refractivity contribution in [2.75, 3.05) is 7.11 Å². The molecule has 0 aromatic carbocycles. The molecule has 7 heteroatoms. The Morgan fingerprint density at radius 3 is 2.67 bits per heavy atom. The molecule has 82 valence electrons. The quantitative estimate of drug-likeness (QED) is 0.777. The van der Waals surface area contributed by atoms with Gasteiger partial charge in [-0.2, -0.15) is 8.78 Å². The molecule has 0 spiro atoms. The predicted molar refractivity (Wildman–Crippen MR) is 51.0 cm³/mol. The third-order valence-corrected chi connectivity index (χ3v) is 2.06. The van der Waals surface area contributed by atoms with E-state index in [1.54, 1.807) is 0 Å². The molecule has 0 aliphatic carbocycles. The number of alkyl halides is 2. The van der Waals surface area contributed by atoms with Gasteiger partial charge in [0.05, 0.1) is 7.11 Å². The van der Waals surface area contributed by atoms with E-state index in [0.29, 0.717) is 0 Å². The first-order chi connectivity index (χ1) is 6.97. The summed E-state index contributed by atoms with van der Waals surface area (Å²) >= 11 is 2.91. The fourth-order valence-corrected chi connectivity index (χ4v) is 1.42. The minimum atomic E-state index is -3.00. The Hall–Kier alpha value is -1.24. The lowest BCUT2D eigenvalue weighted by molar-refractivity contribution is 0.0571. The summed E-state index contributed by atoms with van der Waals surface area (Å²) in [5.41, 5.74) is -1.52. The highest BCUT2D eigenvalue weighted by Gasteiger charge is 2.17. The molecule has 0 unspecified atom stereocenters. The summed E-state index contributed by atoms with van der Waals surface area (Å²) in [5, 5.41) is 0. The van der Waals surface area contributed by atoms with Crippen LogP contribution in [0.2, 0.25) is 0 Å². The first-order valence-electron chi connectivity index (χ1n) is 3.75. The average Bonchev–Trinajstić information content (AvgIpc) is 2.19. The van der Waals surface area contributed by atoms with Crippen molar-refractivity contribution in [3.8, 4) is 0 Å². The van der Waals surface area contributed by atoms with Crippen LogP contribution >= 0.6 is 15.9 Å². The van der Waals surface area contributed by atoms with E-state index >= 15 is 0 Å². The first-order valence-corrected chi connectivity index (χ1v) is 4.55. The average molecular weight is 282 g/mol. The zero-order valence-corrected chi connectivity index (χ0v) is 9.12. The third-order valence-electron chi connectivity index (χ3n) is 1.63. The van der Waals surface area contributed by atoms with Gasteiger partial charge in [-0.15, -0.1) is 0 Å². The van der Waals surface area contributed by atoms with Gasteiger partial charge in [0.1, 0.15) is 5.56 Å². The number of rotatable bonds is 2. The minimum Gasteiger partial charge on any atom is -0.465 e. The molecule has 1 heterocycles. The molecule has 0 aliphatic rings. The standard InChI is InChI=1S/C8H6BrF2NO3/c1-15-7(14)5-2-4(9)3-12(6(5)13)8(10)11/h2-3,8H,1H3.